The van der Waals surface area contributed by atoms with Crippen LogP contribution in [0.4, 0.5) is 4.39 Å². The van der Waals surface area contributed by atoms with Gasteiger partial charge in [-0.25, -0.2) is 9.38 Å². The van der Waals surface area contributed by atoms with Crippen LogP contribution in [0, 0.1) is 11.7 Å². The van der Waals surface area contributed by atoms with Crippen LogP contribution in [0.25, 0.3) is 0 Å². The summed E-state index contributed by atoms with van der Waals surface area (Å²) >= 11 is 1.48. The summed E-state index contributed by atoms with van der Waals surface area (Å²) in [5.74, 6) is 0.272. The predicted octanol–water partition coefficient (Wildman–Crippen LogP) is 3.59. The van der Waals surface area contributed by atoms with Gasteiger partial charge in [-0.05, 0) is 25.1 Å². The Morgan fingerprint density at radius 2 is 1.96 bits per heavy atom. The van der Waals surface area contributed by atoms with Crippen molar-refractivity contribution in [3.8, 4) is 0 Å². The molecule has 134 valence electrons. The zero-order valence-electron chi connectivity index (χ0n) is 14.3. The van der Waals surface area contributed by atoms with Crippen LogP contribution >= 0.6 is 11.8 Å². The molecule has 0 aromatic heterocycles. The summed E-state index contributed by atoms with van der Waals surface area (Å²) < 4.78 is 20.5. The lowest BCUT2D eigenvalue weighted by Crippen LogP contribution is -2.45. The smallest absolute Gasteiger partial charge is 0.257 e. The lowest BCUT2D eigenvalue weighted by Gasteiger charge is -2.37. The molecule has 0 aliphatic carbocycles. The van der Waals surface area contributed by atoms with Gasteiger partial charge in [-0.1, -0.05) is 48.2 Å². The van der Waals surface area contributed by atoms with Crippen molar-refractivity contribution in [1.29, 1.82) is 0 Å². The van der Waals surface area contributed by atoms with E-state index in [4.69, 9.17) is 9.73 Å². The van der Waals surface area contributed by atoms with E-state index in [-0.39, 0.29) is 23.7 Å². The second-order valence-electron chi connectivity index (χ2n) is 6.53. The third-order valence-corrected chi connectivity index (χ3v) is 6.09. The van der Waals surface area contributed by atoms with E-state index < -0.39 is 5.54 Å². The molecule has 26 heavy (non-hydrogen) atoms. The fourth-order valence-corrected chi connectivity index (χ4v) is 4.78. The summed E-state index contributed by atoms with van der Waals surface area (Å²) in [6.45, 7) is 2.45. The van der Waals surface area contributed by atoms with Gasteiger partial charge in [-0.3, -0.25) is 4.79 Å². The Bertz CT molecular complexity index is 858. The van der Waals surface area contributed by atoms with E-state index in [1.54, 1.807) is 24.3 Å². The maximum atomic E-state index is 14.6. The van der Waals surface area contributed by atoms with Gasteiger partial charge in [0.1, 0.15) is 11.4 Å². The second kappa shape index (κ2) is 6.85. The number of ether oxygens (including phenoxy) is 1. The van der Waals surface area contributed by atoms with Gasteiger partial charge in [0.2, 0.25) is 0 Å². The number of amides is 1. The number of hydrogen-bond acceptors (Lipinski definition) is 4. The Morgan fingerprint density at radius 1 is 1.23 bits per heavy atom. The zero-order valence-corrected chi connectivity index (χ0v) is 15.1. The molecule has 2 heterocycles. The molecule has 1 amide bonds. The Balaban J connectivity index is 1.71. The van der Waals surface area contributed by atoms with Crippen LogP contribution in [0.3, 0.4) is 0 Å². The van der Waals surface area contributed by atoms with Crippen molar-refractivity contribution >= 4 is 22.8 Å². The van der Waals surface area contributed by atoms with E-state index in [0.29, 0.717) is 28.7 Å². The predicted molar refractivity (Wildman–Crippen MR) is 101 cm³/mol. The molecule has 3 atom stereocenters. The molecule has 1 fully saturated rings. The molecule has 1 N–H and O–H groups in total. The highest BCUT2D eigenvalue weighted by atomic mass is 32.2. The first-order chi connectivity index (χ1) is 12.6. The van der Waals surface area contributed by atoms with E-state index in [1.165, 1.54) is 17.8 Å². The van der Waals surface area contributed by atoms with Crippen LogP contribution in [0.1, 0.15) is 22.8 Å². The number of nitrogens with one attached hydrogen (secondary N) is 1. The number of hydrogen-bond donors (Lipinski definition) is 1. The molecule has 0 bridgehead atoms. The largest absolute Gasteiger partial charge is 0.375 e. The van der Waals surface area contributed by atoms with Crippen LogP contribution in [0.2, 0.25) is 0 Å². The third-order valence-electron chi connectivity index (χ3n) is 5.06. The first-order valence-corrected chi connectivity index (χ1v) is 9.55. The van der Waals surface area contributed by atoms with Crippen molar-refractivity contribution < 1.29 is 13.9 Å². The van der Waals surface area contributed by atoms with Crippen molar-refractivity contribution in [2.75, 3.05) is 12.4 Å². The molecule has 2 aliphatic heterocycles. The van der Waals surface area contributed by atoms with E-state index in [2.05, 4.69) is 5.32 Å². The normalized spacial score (nSPS) is 27.5. The maximum absolute atomic E-state index is 14.6. The van der Waals surface area contributed by atoms with Crippen molar-refractivity contribution in [3.63, 3.8) is 0 Å². The average molecular weight is 370 g/mol. The van der Waals surface area contributed by atoms with Crippen LogP contribution in [0.5, 0.6) is 0 Å². The topological polar surface area (TPSA) is 50.7 Å². The van der Waals surface area contributed by atoms with Crippen LogP contribution in [0.15, 0.2) is 59.6 Å². The minimum Gasteiger partial charge on any atom is -0.375 e. The van der Waals surface area contributed by atoms with E-state index in [9.17, 15) is 9.18 Å². The number of carbonyl (C=O) groups is 1. The quantitative estimate of drug-likeness (QED) is 0.879. The molecule has 4 nitrogen and oxygen atoms in total. The number of aliphatic imine (C=N–C) groups is 1. The average Bonchev–Trinajstić information content (AvgIpc) is 3.00. The lowest BCUT2D eigenvalue weighted by molar-refractivity contribution is 0.0939. The van der Waals surface area contributed by atoms with E-state index in [1.807, 2.05) is 31.2 Å². The zero-order chi connectivity index (χ0) is 18.1. The molecule has 2 aromatic rings. The third kappa shape index (κ3) is 2.83. The number of benzene rings is 2. The number of nitrogens with zero attached hydrogens (tertiary/aromatic N) is 1. The minimum absolute atomic E-state index is 0.0665. The number of amidine groups is 1. The molecular formula is C20H19FN2O2S. The fourth-order valence-electron chi connectivity index (χ4n) is 3.69. The van der Waals surface area contributed by atoms with Gasteiger partial charge in [0.05, 0.1) is 12.7 Å². The van der Waals surface area contributed by atoms with Crippen LogP contribution in [-0.4, -0.2) is 29.5 Å². The van der Waals surface area contributed by atoms with Gasteiger partial charge in [-0.2, -0.15) is 0 Å². The van der Waals surface area contributed by atoms with Crippen LogP contribution < -0.4 is 5.32 Å². The molecule has 2 aromatic carbocycles. The van der Waals surface area contributed by atoms with E-state index in [0.717, 1.165) is 0 Å². The molecular weight excluding hydrogens is 351 g/mol. The number of rotatable bonds is 2. The monoisotopic (exact) mass is 370 g/mol. The summed E-state index contributed by atoms with van der Waals surface area (Å²) in [7, 11) is 0. The summed E-state index contributed by atoms with van der Waals surface area (Å²) in [5, 5.41) is 3.39. The highest BCUT2D eigenvalue weighted by Gasteiger charge is 2.54. The first-order valence-electron chi connectivity index (χ1n) is 8.57. The summed E-state index contributed by atoms with van der Waals surface area (Å²) in [6.07, 6.45) is -0.270. The standard InChI is InChI=1S/C20H19FN2O2S/c1-13-20(16-9-5-6-10-17(16)21)15(11-25-13)12-26-19(23-20)22-18(24)14-7-3-2-4-8-14/h2-10,13,15H,11-12H2,1H3,(H,22,23,24)/t13-,15+,20+/m1/s1. The molecule has 0 radical (unpaired) electrons. The number of thioether (sulfide) groups is 1. The number of fused-ring (bicyclic) bond motifs is 1. The van der Waals surface area contributed by atoms with Gasteiger partial charge >= 0.3 is 0 Å². The second-order valence-corrected chi connectivity index (χ2v) is 7.53. The number of halogens is 1. The summed E-state index contributed by atoms with van der Waals surface area (Å²) in [4.78, 5) is 17.3. The van der Waals surface area contributed by atoms with Crippen molar-refractivity contribution in [2.45, 2.75) is 18.6 Å². The molecule has 2 aliphatic rings. The van der Waals surface area contributed by atoms with E-state index >= 15 is 0 Å². The minimum atomic E-state index is -0.810. The van der Waals surface area contributed by atoms with Crippen molar-refractivity contribution in [1.82, 2.24) is 5.32 Å². The Hall–Kier alpha value is -2.18. The highest BCUT2D eigenvalue weighted by molar-refractivity contribution is 8.13. The maximum Gasteiger partial charge on any atom is 0.257 e. The Labute approximate surface area is 155 Å². The van der Waals surface area contributed by atoms with Crippen molar-refractivity contribution in [2.24, 2.45) is 10.9 Å². The van der Waals surface area contributed by atoms with Gasteiger partial charge in [0.15, 0.2) is 5.17 Å². The highest BCUT2D eigenvalue weighted by Crippen LogP contribution is 2.49. The molecule has 6 heteroatoms. The van der Waals surface area contributed by atoms with Gasteiger partial charge < -0.3 is 10.1 Å². The lowest BCUT2D eigenvalue weighted by atomic mass is 9.77. The molecule has 1 saturated heterocycles. The molecule has 0 spiro atoms. The summed E-state index contributed by atoms with van der Waals surface area (Å²) in [5.41, 5.74) is 0.283. The van der Waals surface area contributed by atoms with Gasteiger partial charge in [0.25, 0.3) is 5.91 Å². The molecule has 0 unspecified atom stereocenters. The van der Waals surface area contributed by atoms with Gasteiger partial charge in [0, 0.05) is 22.8 Å². The Morgan fingerprint density at radius 3 is 2.73 bits per heavy atom. The molecule has 4 rings (SSSR count). The Kier molecular flexibility index (Phi) is 4.54. The molecule has 0 saturated carbocycles. The fraction of sp³-hybridized carbons (Fsp3) is 0.300. The first kappa shape index (κ1) is 17.2. The van der Waals surface area contributed by atoms with Gasteiger partial charge in [-0.15, -0.1) is 0 Å². The SMILES string of the molecule is C[C@H]1OC[C@H]2CSC(NC(=O)c3ccccc3)=N[C@]21c1ccccc1F. The summed E-state index contributed by atoms with van der Waals surface area (Å²) in [6, 6.07) is 15.7. The van der Waals surface area contributed by atoms with Crippen LogP contribution in [-0.2, 0) is 10.3 Å². The number of carbonyl (C=O) groups excluding carboxylic acids is 1. The van der Waals surface area contributed by atoms with Crippen molar-refractivity contribution in [3.05, 3.63) is 71.5 Å².